The van der Waals surface area contributed by atoms with Gasteiger partial charge in [0.05, 0.1) is 12.6 Å². The molecule has 1 fully saturated rings. The van der Waals surface area contributed by atoms with E-state index < -0.39 is 0 Å². The Morgan fingerprint density at radius 2 is 2.25 bits per heavy atom. The van der Waals surface area contributed by atoms with Crippen LogP contribution >= 0.6 is 11.3 Å². The maximum atomic E-state index is 12.4. The van der Waals surface area contributed by atoms with E-state index in [1.807, 2.05) is 19.1 Å². The molecule has 0 radical (unpaired) electrons. The topological polar surface area (TPSA) is 67.6 Å². The number of hydrogen-bond acceptors (Lipinski definition) is 6. The van der Waals surface area contributed by atoms with Gasteiger partial charge in [0.1, 0.15) is 22.2 Å². The minimum absolute atomic E-state index is 0.0715. The molecule has 0 aliphatic carbocycles. The fraction of sp³-hybridized carbons (Fsp3) is 0.529. The Morgan fingerprint density at radius 3 is 2.92 bits per heavy atom. The molecule has 3 heterocycles. The summed E-state index contributed by atoms with van der Waals surface area (Å²) in [4.78, 5) is 19.0. The monoisotopic (exact) mass is 349 g/mol. The van der Waals surface area contributed by atoms with Crippen LogP contribution in [0.4, 0.5) is 0 Å². The Hall–Kier alpha value is -1.70. The van der Waals surface area contributed by atoms with Crippen molar-refractivity contribution >= 4 is 17.2 Å². The lowest BCUT2D eigenvalue weighted by Gasteiger charge is -2.25. The first-order chi connectivity index (χ1) is 11.7. The van der Waals surface area contributed by atoms with Crippen LogP contribution in [0.1, 0.15) is 45.9 Å². The summed E-state index contributed by atoms with van der Waals surface area (Å²) in [5.74, 6) is 1.65. The average molecular weight is 349 g/mol. The predicted molar refractivity (Wildman–Crippen MR) is 92.2 cm³/mol. The number of aryl methyl sites for hydroxylation is 1. The van der Waals surface area contributed by atoms with Crippen molar-refractivity contribution in [2.45, 2.75) is 32.4 Å². The molecule has 0 bridgehead atoms. The van der Waals surface area contributed by atoms with Crippen LogP contribution in [0.2, 0.25) is 0 Å². The molecular formula is C17H23N3O3S. The summed E-state index contributed by atoms with van der Waals surface area (Å²) in [5, 5.41) is 5.58. The van der Waals surface area contributed by atoms with E-state index in [9.17, 15) is 4.79 Å². The number of carbonyl (C=O) groups excluding carboxylic acids is 1. The van der Waals surface area contributed by atoms with E-state index >= 15 is 0 Å². The van der Waals surface area contributed by atoms with Crippen molar-refractivity contribution in [2.24, 2.45) is 0 Å². The number of nitrogens with zero attached hydrogens (tertiary/aromatic N) is 2. The highest BCUT2D eigenvalue weighted by molar-refractivity contribution is 7.09. The molecular weight excluding hydrogens is 326 g/mol. The first-order valence-electron chi connectivity index (χ1n) is 8.19. The predicted octanol–water partition coefficient (Wildman–Crippen LogP) is 2.76. The fourth-order valence-electron chi connectivity index (χ4n) is 2.98. The summed E-state index contributed by atoms with van der Waals surface area (Å²) in [6.07, 6.45) is 2.38. The molecule has 1 saturated heterocycles. The van der Waals surface area contributed by atoms with Crippen molar-refractivity contribution in [1.82, 2.24) is 15.2 Å². The second-order valence-corrected chi connectivity index (χ2v) is 6.92. The number of rotatable bonds is 7. The van der Waals surface area contributed by atoms with E-state index in [0.29, 0.717) is 18.8 Å². The zero-order chi connectivity index (χ0) is 16.9. The number of likely N-dealkylation sites (tertiary alicyclic amines) is 1. The van der Waals surface area contributed by atoms with Gasteiger partial charge < -0.3 is 14.5 Å². The van der Waals surface area contributed by atoms with Gasteiger partial charge in [-0.2, -0.15) is 0 Å². The first kappa shape index (κ1) is 17.1. The second kappa shape index (κ2) is 7.92. The van der Waals surface area contributed by atoms with E-state index in [4.69, 9.17) is 9.15 Å². The lowest BCUT2D eigenvalue weighted by molar-refractivity contribution is 0.0928. The number of ether oxygens (including phenoxy) is 1. The van der Waals surface area contributed by atoms with E-state index in [2.05, 4.69) is 15.2 Å². The highest BCUT2D eigenvalue weighted by Crippen LogP contribution is 2.26. The fourth-order valence-corrected chi connectivity index (χ4v) is 3.72. The smallest absolute Gasteiger partial charge is 0.270 e. The standard InChI is InChI=1S/C17H23N3O3S/c1-12-5-6-15(23-12)14(20-7-3-4-8-20)9-18-17(21)13-11-24-16(19-13)10-22-2/h5-6,11,14H,3-4,7-10H2,1-2H3,(H,18,21)/t14-/m0/s1. The maximum Gasteiger partial charge on any atom is 0.270 e. The number of methoxy groups -OCH3 is 1. The van der Waals surface area contributed by atoms with Gasteiger partial charge in [-0.15, -0.1) is 11.3 Å². The zero-order valence-corrected chi connectivity index (χ0v) is 14.9. The van der Waals surface area contributed by atoms with Crippen molar-refractivity contribution in [3.05, 3.63) is 39.7 Å². The van der Waals surface area contributed by atoms with Gasteiger partial charge in [-0.05, 0) is 45.0 Å². The molecule has 3 rings (SSSR count). The van der Waals surface area contributed by atoms with Gasteiger partial charge in [0, 0.05) is 19.0 Å². The van der Waals surface area contributed by atoms with Crippen molar-refractivity contribution in [3.8, 4) is 0 Å². The van der Waals surface area contributed by atoms with Crippen LogP contribution in [0.15, 0.2) is 21.9 Å². The van der Waals surface area contributed by atoms with Gasteiger partial charge in [0.2, 0.25) is 0 Å². The lowest BCUT2D eigenvalue weighted by Crippen LogP contribution is -2.36. The number of aromatic nitrogens is 1. The number of nitrogens with one attached hydrogen (secondary N) is 1. The Labute approximate surface area is 145 Å². The third-order valence-electron chi connectivity index (χ3n) is 4.18. The summed E-state index contributed by atoms with van der Waals surface area (Å²) >= 11 is 1.44. The number of carbonyl (C=O) groups is 1. The highest BCUT2D eigenvalue weighted by Gasteiger charge is 2.26. The van der Waals surface area contributed by atoms with Crippen molar-refractivity contribution < 1.29 is 13.9 Å². The molecule has 2 aromatic rings. The molecule has 0 aromatic carbocycles. The maximum absolute atomic E-state index is 12.4. The minimum Gasteiger partial charge on any atom is -0.465 e. The number of furan rings is 1. The molecule has 0 saturated carbocycles. The van der Waals surface area contributed by atoms with Gasteiger partial charge in [-0.25, -0.2) is 4.98 Å². The molecule has 1 atom stereocenters. The van der Waals surface area contributed by atoms with Gasteiger partial charge in [0.15, 0.2) is 0 Å². The molecule has 1 aliphatic rings. The van der Waals surface area contributed by atoms with E-state index in [-0.39, 0.29) is 11.9 Å². The Bertz CT molecular complexity index is 676. The molecule has 1 N–H and O–H groups in total. The van der Waals surface area contributed by atoms with Crippen LogP contribution in [0.5, 0.6) is 0 Å². The highest BCUT2D eigenvalue weighted by atomic mass is 32.1. The van der Waals surface area contributed by atoms with Crippen molar-refractivity contribution in [1.29, 1.82) is 0 Å². The molecule has 1 aliphatic heterocycles. The van der Waals surface area contributed by atoms with E-state index in [1.165, 1.54) is 24.2 Å². The molecule has 24 heavy (non-hydrogen) atoms. The summed E-state index contributed by atoms with van der Waals surface area (Å²) in [7, 11) is 1.62. The largest absolute Gasteiger partial charge is 0.465 e. The third kappa shape index (κ3) is 4.03. The molecule has 1 amide bonds. The molecule has 0 spiro atoms. The van der Waals surface area contributed by atoms with Crippen molar-refractivity contribution in [2.75, 3.05) is 26.7 Å². The summed E-state index contributed by atoms with van der Waals surface area (Å²) < 4.78 is 10.9. The lowest BCUT2D eigenvalue weighted by atomic mass is 10.2. The molecule has 0 unspecified atom stereocenters. The zero-order valence-electron chi connectivity index (χ0n) is 14.1. The second-order valence-electron chi connectivity index (χ2n) is 5.98. The van der Waals surface area contributed by atoms with Crippen LogP contribution in [0.3, 0.4) is 0 Å². The molecule has 2 aromatic heterocycles. The Kier molecular flexibility index (Phi) is 5.65. The van der Waals surface area contributed by atoms with Gasteiger partial charge in [-0.1, -0.05) is 0 Å². The summed E-state index contributed by atoms with van der Waals surface area (Å²) in [6.45, 7) is 4.96. The normalized spacial score (nSPS) is 16.4. The average Bonchev–Trinajstić information content (AvgIpc) is 3.30. The van der Waals surface area contributed by atoms with Crippen molar-refractivity contribution in [3.63, 3.8) is 0 Å². The van der Waals surface area contributed by atoms with Gasteiger partial charge >= 0.3 is 0 Å². The summed E-state index contributed by atoms with van der Waals surface area (Å²) in [6, 6.07) is 4.05. The van der Waals surface area contributed by atoms with Crippen LogP contribution < -0.4 is 5.32 Å². The number of amides is 1. The van der Waals surface area contributed by atoms with Crippen LogP contribution in [0.25, 0.3) is 0 Å². The van der Waals surface area contributed by atoms with Gasteiger partial charge in [-0.3, -0.25) is 9.69 Å². The summed E-state index contributed by atoms with van der Waals surface area (Å²) in [5.41, 5.74) is 0.447. The first-order valence-corrected chi connectivity index (χ1v) is 9.07. The Balaban J connectivity index is 1.65. The van der Waals surface area contributed by atoms with Gasteiger partial charge in [0.25, 0.3) is 5.91 Å². The Morgan fingerprint density at radius 1 is 1.46 bits per heavy atom. The molecule has 7 heteroatoms. The molecule has 6 nitrogen and oxygen atoms in total. The number of thiazole rings is 1. The van der Waals surface area contributed by atoms with Crippen LogP contribution in [-0.4, -0.2) is 42.5 Å². The quantitative estimate of drug-likeness (QED) is 0.832. The SMILES string of the molecule is COCc1nc(C(=O)NC[C@@H](c2ccc(C)o2)N2CCCC2)cs1. The number of hydrogen-bond donors (Lipinski definition) is 1. The van der Waals surface area contributed by atoms with E-state index in [0.717, 1.165) is 29.6 Å². The van der Waals surface area contributed by atoms with Crippen LogP contribution in [0, 0.1) is 6.92 Å². The minimum atomic E-state index is -0.152. The molecule has 130 valence electrons. The van der Waals surface area contributed by atoms with Crippen LogP contribution in [-0.2, 0) is 11.3 Å². The van der Waals surface area contributed by atoms with E-state index in [1.54, 1.807) is 12.5 Å². The third-order valence-corrected chi connectivity index (χ3v) is 5.00.